The van der Waals surface area contributed by atoms with E-state index in [0.29, 0.717) is 0 Å². The Morgan fingerprint density at radius 3 is 2.70 bits per heavy atom. The van der Waals surface area contributed by atoms with E-state index < -0.39 is 0 Å². The first-order valence-electron chi connectivity index (χ1n) is 9.93. The van der Waals surface area contributed by atoms with Gasteiger partial charge in [0.1, 0.15) is 16.9 Å². The molecule has 150 valence electrons. The van der Waals surface area contributed by atoms with Gasteiger partial charge in [-0.05, 0) is 65.1 Å². The van der Waals surface area contributed by atoms with Crippen molar-refractivity contribution in [2.45, 2.75) is 33.1 Å². The topological polar surface area (TPSA) is 35.0 Å². The normalized spacial score (nSPS) is 12.5. The Labute approximate surface area is 183 Å². The molecule has 3 nitrogen and oxygen atoms in total. The number of nitrogens with zero attached hydrogens (tertiary/aromatic N) is 2. The highest BCUT2D eigenvalue weighted by atomic mass is 32.1. The van der Waals surface area contributed by atoms with Gasteiger partial charge in [-0.25, -0.2) is 9.97 Å². The molecule has 0 aliphatic carbocycles. The zero-order chi connectivity index (χ0) is 20.9. The van der Waals surface area contributed by atoms with Crippen molar-refractivity contribution in [2.24, 2.45) is 0 Å². The van der Waals surface area contributed by atoms with Gasteiger partial charge in [0.15, 0.2) is 0 Å². The van der Waals surface area contributed by atoms with Crippen molar-refractivity contribution >= 4 is 53.1 Å². The molecule has 0 spiro atoms. The molecule has 0 fully saturated rings. The molecule has 30 heavy (non-hydrogen) atoms. The SMILES string of the molecule is C/C=C/Oc1ccc2c(c1)sc1ncnc(-c3cc(C(C)(C)C)c4sccc4c3)c12. The highest BCUT2D eigenvalue weighted by Gasteiger charge is 2.21. The summed E-state index contributed by atoms with van der Waals surface area (Å²) in [5, 5.41) is 5.73. The van der Waals surface area contributed by atoms with Gasteiger partial charge in [-0.2, -0.15) is 0 Å². The van der Waals surface area contributed by atoms with Crippen molar-refractivity contribution in [3.8, 4) is 17.0 Å². The van der Waals surface area contributed by atoms with E-state index >= 15 is 0 Å². The van der Waals surface area contributed by atoms with Gasteiger partial charge in [0.05, 0.1) is 12.0 Å². The summed E-state index contributed by atoms with van der Waals surface area (Å²) in [4.78, 5) is 10.3. The van der Waals surface area contributed by atoms with Gasteiger partial charge in [0, 0.05) is 25.7 Å². The van der Waals surface area contributed by atoms with Crippen LogP contribution in [0.5, 0.6) is 5.75 Å². The summed E-state index contributed by atoms with van der Waals surface area (Å²) in [6, 6.07) is 13.0. The Kier molecular flexibility index (Phi) is 4.60. The second kappa shape index (κ2) is 7.18. The molecule has 0 saturated heterocycles. The Balaban J connectivity index is 1.77. The molecule has 0 bridgehead atoms. The Morgan fingerprint density at radius 1 is 1.03 bits per heavy atom. The van der Waals surface area contributed by atoms with E-state index in [1.165, 1.54) is 21.0 Å². The monoisotopic (exact) mass is 430 g/mol. The van der Waals surface area contributed by atoms with Crippen molar-refractivity contribution in [2.75, 3.05) is 0 Å². The summed E-state index contributed by atoms with van der Waals surface area (Å²) in [6.45, 7) is 8.75. The van der Waals surface area contributed by atoms with Crippen LogP contribution in [0.2, 0.25) is 0 Å². The quantitative estimate of drug-likeness (QED) is 0.273. The lowest BCUT2D eigenvalue weighted by molar-refractivity contribution is 0.481. The van der Waals surface area contributed by atoms with Gasteiger partial charge in [-0.3, -0.25) is 0 Å². The maximum Gasteiger partial charge on any atom is 0.128 e. The number of fused-ring (bicyclic) bond motifs is 4. The van der Waals surface area contributed by atoms with Crippen molar-refractivity contribution in [3.63, 3.8) is 0 Å². The molecule has 0 N–H and O–H groups in total. The van der Waals surface area contributed by atoms with E-state index in [2.05, 4.69) is 61.5 Å². The summed E-state index contributed by atoms with van der Waals surface area (Å²) in [5.74, 6) is 0.830. The zero-order valence-corrected chi connectivity index (χ0v) is 19.0. The van der Waals surface area contributed by atoms with Crippen LogP contribution in [-0.2, 0) is 5.41 Å². The van der Waals surface area contributed by atoms with Crippen molar-refractivity contribution in [3.05, 3.63) is 66.0 Å². The van der Waals surface area contributed by atoms with Crippen LogP contribution in [0.4, 0.5) is 0 Å². The molecule has 3 aromatic heterocycles. The van der Waals surface area contributed by atoms with Gasteiger partial charge < -0.3 is 4.74 Å². The van der Waals surface area contributed by atoms with Gasteiger partial charge >= 0.3 is 0 Å². The summed E-state index contributed by atoms with van der Waals surface area (Å²) in [7, 11) is 0. The molecule has 0 aliphatic heterocycles. The average Bonchev–Trinajstić information content (AvgIpc) is 3.34. The fraction of sp³-hybridized carbons (Fsp3) is 0.200. The molecule has 2 aromatic carbocycles. The fourth-order valence-electron chi connectivity index (χ4n) is 3.80. The second-order valence-corrected chi connectivity index (χ2v) is 10.3. The molecule has 5 aromatic rings. The molecule has 5 heteroatoms. The lowest BCUT2D eigenvalue weighted by Gasteiger charge is -2.21. The van der Waals surface area contributed by atoms with E-state index in [1.54, 1.807) is 23.9 Å². The largest absolute Gasteiger partial charge is 0.465 e. The summed E-state index contributed by atoms with van der Waals surface area (Å²) >= 11 is 3.49. The number of aromatic nitrogens is 2. The Morgan fingerprint density at radius 2 is 1.90 bits per heavy atom. The molecule has 0 unspecified atom stereocenters. The lowest BCUT2D eigenvalue weighted by atomic mass is 9.85. The van der Waals surface area contributed by atoms with E-state index in [-0.39, 0.29) is 5.41 Å². The number of allylic oxidation sites excluding steroid dienone is 1. The maximum absolute atomic E-state index is 5.66. The molecule has 0 amide bonds. The maximum atomic E-state index is 5.66. The first kappa shape index (κ1) is 19.2. The number of benzene rings is 2. The third kappa shape index (κ3) is 3.18. The molecular formula is C25H22N2OS2. The predicted molar refractivity (Wildman–Crippen MR) is 130 cm³/mol. The van der Waals surface area contributed by atoms with Crippen molar-refractivity contribution < 1.29 is 4.74 Å². The van der Waals surface area contributed by atoms with Crippen LogP contribution in [0.3, 0.4) is 0 Å². The van der Waals surface area contributed by atoms with Crippen molar-refractivity contribution in [1.82, 2.24) is 9.97 Å². The third-order valence-corrected chi connectivity index (χ3v) is 7.24. The molecule has 5 rings (SSSR count). The van der Waals surface area contributed by atoms with Gasteiger partial charge in [-0.1, -0.05) is 26.8 Å². The van der Waals surface area contributed by atoms with Gasteiger partial charge in [0.2, 0.25) is 0 Å². The van der Waals surface area contributed by atoms with Crippen LogP contribution in [0, 0.1) is 0 Å². The Bertz CT molecular complexity index is 1420. The lowest BCUT2D eigenvalue weighted by Crippen LogP contribution is -2.11. The number of hydrogen-bond acceptors (Lipinski definition) is 5. The molecule has 3 heterocycles. The van der Waals surface area contributed by atoms with Crippen LogP contribution in [-0.4, -0.2) is 9.97 Å². The third-order valence-electron chi connectivity index (χ3n) is 5.21. The second-order valence-electron chi connectivity index (χ2n) is 8.36. The van der Waals surface area contributed by atoms with E-state index in [4.69, 9.17) is 9.72 Å². The minimum Gasteiger partial charge on any atom is -0.465 e. The van der Waals surface area contributed by atoms with Crippen LogP contribution < -0.4 is 4.74 Å². The van der Waals surface area contributed by atoms with E-state index in [1.807, 2.05) is 30.4 Å². The minimum atomic E-state index is 0.0566. The summed E-state index contributed by atoms with van der Waals surface area (Å²) in [6.07, 6.45) is 5.26. The van der Waals surface area contributed by atoms with E-state index in [9.17, 15) is 0 Å². The molecular weight excluding hydrogens is 408 g/mol. The standard InChI is InChI=1S/C25H22N2OS2/c1-5-9-28-17-6-7-18-20(13-17)30-24-21(18)22(26-14-27-24)16-11-15-8-10-29-23(15)19(12-16)25(2,3)4/h5-14H,1-4H3/b9-5+. The minimum absolute atomic E-state index is 0.0566. The molecule has 0 radical (unpaired) electrons. The van der Waals surface area contributed by atoms with Crippen LogP contribution in [0.25, 0.3) is 41.6 Å². The van der Waals surface area contributed by atoms with E-state index in [0.717, 1.165) is 31.9 Å². The smallest absolute Gasteiger partial charge is 0.128 e. The van der Waals surface area contributed by atoms with Gasteiger partial charge in [-0.15, -0.1) is 22.7 Å². The van der Waals surface area contributed by atoms with Crippen molar-refractivity contribution in [1.29, 1.82) is 0 Å². The van der Waals surface area contributed by atoms with Crippen LogP contribution >= 0.6 is 22.7 Å². The number of rotatable bonds is 3. The van der Waals surface area contributed by atoms with Crippen LogP contribution in [0.15, 0.2) is 60.4 Å². The van der Waals surface area contributed by atoms with Gasteiger partial charge in [0.25, 0.3) is 0 Å². The molecule has 0 saturated carbocycles. The highest BCUT2D eigenvalue weighted by Crippen LogP contribution is 2.42. The first-order valence-corrected chi connectivity index (χ1v) is 11.6. The summed E-state index contributed by atoms with van der Waals surface area (Å²) < 4.78 is 8.17. The fourth-order valence-corrected chi connectivity index (χ4v) is 5.98. The molecule has 0 atom stereocenters. The number of ether oxygens (including phenoxy) is 1. The number of hydrogen-bond donors (Lipinski definition) is 0. The Hall–Kier alpha value is -2.76. The summed E-state index contributed by atoms with van der Waals surface area (Å²) in [5.41, 5.74) is 3.55. The average molecular weight is 431 g/mol. The molecule has 0 aliphatic rings. The number of thiophene rings is 2. The highest BCUT2D eigenvalue weighted by molar-refractivity contribution is 7.25. The first-order chi connectivity index (χ1) is 14.5. The van der Waals surface area contributed by atoms with Crippen LogP contribution in [0.1, 0.15) is 33.3 Å². The predicted octanol–water partition coefficient (Wildman–Crippen LogP) is 7.94. The zero-order valence-electron chi connectivity index (χ0n) is 17.4.